The van der Waals surface area contributed by atoms with Crippen molar-refractivity contribution in [3.63, 3.8) is 0 Å². The van der Waals surface area contributed by atoms with E-state index in [1.807, 2.05) is 6.07 Å². The molecule has 0 amide bonds. The van der Waals surface area contributed by atoms with Gasteiger partial charge in [-0.3, -0.25) is 14.5 Å². The number of nitrogens with one attached hydrogen (secondary N) is 2. The summed E-state index contributed by atoms with van der Waals surface area (Å²) in [6.45, 7) is 1.43. The van der Waals surface area contributed by atoms with Gasteiger partial charge < -0.3 is 40.0 Å². The Hall–Kier alpha value is -3.03. The number of nitrogens with zero attached hydrogens (tertiary/aromatic N) is 2. The van der Waals surface area contributed by atoms with Gasteiger partial charge in [-0.15, -0.1) is 0 Å². The molecule has 0 saturated carbocycles. The Balaban J connectivity index is 1.40. The van der Waals surface area contributed by atoms with Crippen LogP contribution in [0.4, 0.5) is 4.39 Å². The number of rotatable bonds is 31. The third-order valence-corrected chi connectivity index (χ3v) is 10.8. The van der Waals surface area contributed by atoms with Crippen LogP contribution in [-0.2, 0) is 40.0 Å². The molecular formula is C40H63FN5O9P. The SMILES string of the molecule is CCCCCCCCCCCCCCCCCCOC[C@H](COP(=O)(O)OCC1O[C@@](C#N)(c2ccc(C(N)=NC=N)[nH]2)[C@H](O)[C@@H]1O)OCc1ccccc1F. The molecule has 1 aliphatic rings. The third-order valence-electron chi connectivity index (χ3n) is 9.89. The van der Waals surface area contributed by atoms with Gasteiger partial charge in [-0.25, -0.2) is 13.9 Å². The number of aromatic nitrogens is 1. The van der Waals surface area contributed by atoms with Crippen molar-refractivity contribution in [2.24, 2.45) is 10.7 Å². The average molecular weight is 808 g/mol. The van der Waals surface area contributed by atoms with Crippen LogP contribution in [0.3, 0.4) is 0 Å². The van der Waals surface area contributed by atoms with E-state index < -0.39 is 56.9 Å². The summed E-state index contributed by atoms with van der Waals surface area (Å²) < 4.78 is 54.9. The molecule has 16 heteroatoms. The number of phosphoric ester groups is 1. The van der Waals surface area contributed by atoms with Crippen LogP contribution in [0.5, 0.6) is 0 Å². The predicted molar refractivity (Wildman–Crippen MR) is 212 cm³/mol. The van der Waals surface area contributed by atoms with Gasteiger partial charge in [0.05, 0.1) is 37.8 Å². The molecule has 1 saturated heterocycles. The highest BCUT2D eigenvalue weighted by molar-refractivity contribution is 7.47. The fourth-order valence-corrected chi connectivity index (χ4v) is 7.31. The van der Waals surface area contributed by atoms with Crippen molar-refractivity contribution in [2.75, 3.05) is 26.4 Å². The van der Waals surface area contributed by atoms with Crippen molar-refractivity contribution >= 4 is 20.0 Å². The Morgan fingerprint density at radius 2 is 1.61 bits per heavy atom. The van der Waals surface area contributed by atoms with E-state index in [1.54, 1.807) is 18.2 Å². The second-order valence-electron chi connectivity index (χ2n) is 14.3. The average Bonchev–Trinajstić information content (AvgIpc) is 3.78. The summed E-state index contributed by atoms with van der Waals surface area (Å²) >= 11 is 0. The lowest BCUT2D eigenvalue weighted by molar-refractivity contribution is -0.0684. The Kier molecular flexibility index (Phi) is 22.0. The first-order valence-electron chi connectivity index (χ1n) is 20.1. The molecule has 7 N–H and O–H groups in total. The van der Waals surface area contributed by atoms with Crippen LogP contribution in [0.1, 0.15) is 127 Å². The normalized spacial score (nSPS) is 21.5. The summed E-state index contributed by atoms with van der Waals surface area (Å²) in [5, 5.41) is 38.6. The number of unbranched alkanes of at least 4 members (excludes halogenated alkanes) is 15. The van der Waals surface area contributed by atoms with Gasteiger partial charge in [0.2, 0.25) is 5.60 Å². The Morgan fingerprint density at radius 1 is 1.00 bits per heavy atom. The lowest BCUT2D eigenvalue weighted by atomic mass is 9.93. The summed E-state index contributed by atoms with van der Waals surface area (Å²) in [6.07, 6.45) is 15.2. The minimum Gasteiger partial charge on any atom is -0.387 e. The molecule has 1 fully saturated rings. The molecule has 314 valence electrons. The first-order valence-corrected chi connectivity index (χ1v) is 21.6. The Morgan fingerprint density at radius 3 is 2.20 bits per heavy atom. The summed E-state index contributed by atoms with van der Waals surface area (Å²) in [5.74, 6) is -0.519. The molecule has 14 nitrogen and oxygen atoms in total. The fraction of sp³-hybridized carbons (Fsp3) is 0.675. The zero-order valence-electron chi connectivity index (χ0n) is 32.8. The van der Waals surface area contributed by atoms with E-state index in [4.69, 9.17) is 34.4 Å². The van der Waals surface area contributed by atoms with Crippen LogP contribution in [-0.4, -0.2) is 83.1 Å². The number of nitriles is 1. The summed E-state index contributed by atoms with van der Waals surface area (Å²) in [7, 11) is -4.79. The van der Waals surface area contributed by atoms with Gasteiger partial charge in [-0.05, 0) is 24.6 Å². The van der Waals surface area contributed by atoms with E-state index in [0.29, 0.717) is 12.2 Å². The van der Waals surface area contributed by atoms with E-state index in [-0.39, 0.29) is 30.4 Å². The number of aromatic amines is 1. The number of halogens is 1. The molecule has 0 bridgehead atoms. The molecule has 2 heterocycles. The van der Waals surface area contributed by atoms with Crippen molar-refractivity contribution in [1.29, 1.82) is 10.7 Å². The first-order chi connectivity index (χ1) is 27.1. The van der Waals surface area contributed by atoms with E-state index >= 15 is 0 Å². The Labute approximate surface area is 331 Å². The maximum Gasteiger partial charge on any atom is 0.472 e. The van der Waals surface area contributed by atoms with Gasteiger partial charge in [0, 0.05) is 12.2 Å². The summed E-state index contributed by atoms with van der Waals surface area (Å²) in [5.41, 5.74) is 4.25. The molecule has 0 radical (unpaired) electrons. The van der Waals surface area contributed by atoms with Crippen molar-refractivity contribution in [2.45, 2.75) is 146 Å². The zero-order valence-corrected chi connectivity index (χ0v) is 33.7. The molecular weight excluding hydrogens is 744 g/mol. The van der Waals surface area contributed by atoms with Crippen LogP contribution >= 0.6 is 7.82 Å². The third kappa shape index (κ3) is 16.1. The molecule has 2 aromatic rings. The number of aliphatic imine (C=N–C) groups is 1. The van der Waals surface area contributed by atoms with E-state index in [0.717, 1.165) is 25.6 Å². The predicted octanol–water partition coefficient (Wildman–Crippen LogP) is 7.30. The quantitative estimate of drug-likeness (QED) is 0.0192. The largest absolute Gasteiger partial charge is 0.472 e. The lowest BCUT2D eigenvalue weighted by Crippen LogP contribution is -2.40. The standard InChI is InChI=1S/C40H63FN5O9P/c1-2-3-4-5-6-7-8-9-10-11-12-13-14-15-16-19-24-51-26-32(52-25-31-20-17-18-21-33(31)41)27-53-56(49,50)54-28-35-37(47)38(48)40(29-42,55-35)36-23-22-34(46-36)39(44)45-30-43/h17-18,20-23,30,32,35,37-38,46-48H,2-16,19,24-28H2,1H3,(H,49,50)(H3,43,44,45)/t32-,35?,37-,38-,40+/m1/s1. The van der Waals surface area contributed by atoms with Crippen molar-refractivity contribution in [3.05, 3.63) is 59.2 Å². The van der Waals surface area contributed by atoms with Crippen LogP contribution < -0.4 is 5.73 Å². The fourth-order valence-electron chi connectivity index (χ4n) is 6.55. The number of aliphatic hydroxyl groups excluding tert-OH is 2. The van der Waals surface area contributed by atoms with Crippen LogP contribution in [0.15, 0.2) is 41.4 Å². The van der Waals surface area contributed by atoms with Crippen LogP contribution in [0.25, 0.3) is 0 Å². The number of nitrogens with two attached hydrogens (primary N) is 1. The van der Waals surface area contributed by atoms with Gasteiger partial charge in [0.1, 0.15) is 48.5 Å². The molecule has 3 rings (SSSR count). The topological polar surface area (TPSA) is 226 Å². The number of benzene rings is 1. The second-order valence-corrected chi connectivity index (χ2v) is 15.8. The van der Waals surface area contributed by atoms with E-state index in [9.17, 15) is 29.3 Å². The molecule has 2 unspecified atom stereocenters. The smallest absolute Gasteiger partial charge is 0.387 e. The van der Waals surface area contributed by atoms with E-state index in [2.05, 4.69) is 16.9 Å². The molecule has 56 heavy (non-hydrogen) atoms. The first kappa shape index (κ1) is 47.3. The number of aliphatic hydroxyl groups is 2. The minimum atomic E-state index is -4.79. The van der Waals surface area contributed by atoms with Gasteiger partial charge in [-0.2, -0.15) is 5.26 Å². The summed E-state index contributed by atoms with van der Waals surface area (Å²) in [4.78, 5) is 16.9. The maximum absolute atomic E-state index is 14.3. The number of ether oxygens (including phenoxy) is 3. The van der Waals surface area contributed by atoms with Gasteiger partial charge in [0.25, 0.3) is 0 Å². The van der Waals surface area contributed by atoms with Crippen molar-refractivity contribution < 1.29 is 47.3 Å². The molecule has 0 aliphatic carbocycles. The highest BCUT2D eigenvalue weighted by atomic mass is 31.2. The van der Waals surface area contributed by atoms with Crippen LogP contribution in [0, 0.1) is 22.6 Å². The van der Waals surface area contributed by atoms with Crippen molar-refractivity contribution in [3.8, 4) is 6.07 Å². The second kappa shape index (κ2) is 26.1. The van der Waals surface area contributed by atoms with Gasteiger partial charge in [-0.1, -0.05) is 121 Å². The van der Waals surface area contributed by atoms with Crippen molar-refractivity contribution in [1.82, 2.24) is 4.98 Å². The monoisotopic (exact) mass is 807 g/mol. The maximum atomic E-state index is 14.3. The molecule has 0 spiro atoms. The van der Waals surface area contributed by atoms with Crippen LogP contribution in [0.2, 0.25) is 0 Å². The number of hydrogen-bond acceptors (Lipinski definition) is 10. The summed E-state index contributed by atoms with van der Waals surface area (Å²) in [6, 6.07) is 10.8. The molecule has 1 aromatic carbocycles. The van der Waals surface area contributed by atoms with E-state index in [1.165, 1.54) is 102 Å². The number of phosphoric acid groups is 1. The van der Waals surface area contributed by atoms with Gasteiger partial charge >= 0.3 is 7.82 Å². The zero-order chi connectivity index (χ0) is 40.7. The number of H-pyrrole nitrogens is 1. The lowest BCUT2D eigenvalue weighted by Gasteiger charge is -2.23. The molecule has 6 atom stereocenters. The molecule has 1 aliphatic heterocycles. The minimum absolute atomic E-state index is 0.0156. The number of hydrogen-bond donors (Lipinski definition) is 6. The highest BCUT2D eigenvalue weighted by Crippen LogP contribution is 2.46. The molecule has 1 aromatic heterocycles. The van der Waals surface area contributed by atoms with Gasteiger partial charge in [0.15, 0.2) is 0 Å². The number of amidine groups is 1. The Bertz CT molecular complexity index is 1540. The highest BCUT2D eigenvalue weighted by Gasteiger charge is 2.57.